The number of halogens is 1. The molecule has 3 aromatic rings. The Kier molecular flexibility index (Phi) is 4.52. The molecule has 24 heavy (non-hydrogen) atoms. The van der Waals surface area contributed by atoms with Gasteiger partial charge in [-0.25, -0.2) is 0 Å². The van der Waals surface area contributed by atoms with Gasteiger partial charge in [-0.1, -0.05) is 11.6 Å². The Morgan fingerprint density at radius 3 is 2.96 bits per heavy atom. The van der Waals surface area contributed by atoms with Crippen LogP contribution in [0.1, 0.15) is 10.6 Å². The highest BCUT2D eigenvalue weighted by Gasteiger charge is 2.12. The first-order valence-corrected chi connectivity index (χ1v) is 7.52. The number of aromatic nitrogens is 2. The maximum Gasteiger partial charge on any atom is 0.287 e. The number of hydrogen-bond donors (Lipinski definition) is 1. The molecule has 1 amide bonds. The van der Waals surface area contributed by atoms with E-state index in [-0.39, 0.29) is 11.2 Å². The number of benzene rings is 1. The molecule has 1 N–H and O–H groups in total. The zero-order valence-corrected chi connectivity index (χ0v) is 13.5. The van der Waals surface area contributed by atoms with E-state index in [9.17, 15) is 9.59 Å². The van der Waals surface area contributed by atoms with Gasteiger partial charge in [0, 0.05) is 24.9 Å². The van der Waals surface area contributed by atoms with Crippen LogP contribution in [0.3, 0.4) is 0 Å². The number of ether oxygens (including phenoxy) is 1. The topological polar surface area (TPSA) is 86.4 Å². The molecule has 8 heteroatoms. The molecule has 0 bridgehead atoms. The monoisotopic (exact) mass is 347 g/mol. The number of methoxy groups -OCH3 is 1. The summed E-state index contributed by atoms with van der Waals surface area (Å²) in [5, 5.41) is 7.59. The molecule has 1 aromatic carbocycles. The minimum absolute atomic E-state index is 0.0562. The van der Waals surface area contributed by atoms with Crippen LogP contribution in [0.4, 0.5) is 0 Å². The van der Waals surface area contributed by atoms with Crippen molar-refractivity contribution in [2.24, 2.45) is 0 Å². The van der Waals surface area contributed by atoms with Gasteiger partial charge in [-0.3, -0.25) is 14.3 Å². The van der Waals surface area contributed by atoms with E-state index in [2.05, 4.69) is 10.4 Å². The summed E-state index contributed by atoms with van der Waals surface area (Å²) in [5.74, 6) is 0.00749. The normalized spacial score (nSPS) is 10.8. The Balaban J connectivity index is 1.75. The summed E-state index contributed by atoms with van der Waals surface area (Å²) in [7, 11) is 1.51. The largest absolute Gasteiger partial charge is 0.497 e. The maximum absolute atomic E-state index is 12.2. The van der Waals surface area contributed by atoms with Crippen molar-refractivity contribution < 1.29 is 13.9 Å². The number of hydrogen-bond acceptors (Lipinski definition) is 5. The van der Waals surface area contributed by atoms with Gasteiger partial charge in [0.05, 0.1) is 30.3 Å². The zero-order chi connectivity index (χ0) is 17.1. The number of carbonyl (C=O) groups is 1. The fraction of sp³-hybridized carbons (Fsp3) is 0.188. The molecule has 124 valence electrons. The van der Waals surface area contributed by atoms with Gasteiger partial charge < -0.3 is 14.5 Å². The van der Waals surface area contributed by atoms with Gasteiger partial charge in [0.25, 0.3) is 5.91 Å². The fourth-order valence-corrected chi connectivity index (χ4v) is 2.36. The number of nitrogens with zero attached hydrogens (tertiary/aromatic N) is 2. The zero-order valence-electron chi connectivity index (χ0n) is 12.8. The quantitative estimate of drug-likeness (QED) is 0.763. The summed E-state index contributed by atoms with van der Waals surface area (Å²) < 4.78 is 12.2. The molecule has 0 aliphatic rings. The van der Waals surface area contributed by atoms with E-state index in [1.54, 1.807) is 29.1 Å². The molecule has 0 radical (unpaired) electrons. The molecule has 2 aromatic heterocycles. The van der Waals surface area contributed by atoms with Crippen LogP contribution in [0.2, 0.25) is 5.02 Å². The molecule has 0 fully saturated rings. The van der Waals surface area contributed by atoms with Gasteiger partial charge in [-0.15, -0.1) is 0 Å². The van der Waals surface area contributed by atoms with Crippen LogP contribution in [-0.2, 0) is 6.54 Å². The first kappa shape index (κ1) is 16.1. The standard InChI is InChI=1S/C16H14ClN3O4/c1-23-11-2-3-12-13(21)7-15(24-14(12)6-11)16(22)18-4-5-20-9-10(17)8-19-20/h2-3,6-9H,4-5H2,1H3,(H,18,22). The summed E-state index contributed by atoms with van der Waals surface area (Å²) in [6.45, 7) is 0.765. The molecule has 0 spiro atoms. The molecule has 0 aliphatic carbocycles. The minimum Gasteiger partial charge on any atom is -0.497 e. The molecule has 3 rings (SSSR count). The van der Waals surface area contributed by atoms with Gasteiger partial charge in [-0.2, -0.15) is 5.10 Å². The van der Waals surface area contributed by atoms with Crippen molar-refractivity contribution in [3.8, 4) is 5.75 Å². The van der Waals surface area contributed by atoms with E-state index >= 15 is 0 Å². The molecule has 7 nitrogen and oxygen atoms in total. The fourth-order valence-electron chi connectivity index (χ4n) is 2.21. The third-order valence-corrected chi connectivity index (χ3v) is 3.58. The summed E-state index contributed by atoms with van der Waals surface area (Å²) >= 11 is 5.76. The Labute approximate surface area is 141 Å². The molecular formula is C16H14ClN3O4. The van der Waals surface area contributed by atoms with Gasteiger partial charge in [0.2, 0.25) is 0 Å². The van der Waals surface area contributed by atoms with Crippen molar-refractivity contribution >= 4 is 28.5 Å². The maximum atomic E-state index is 12.2. The predicted octanol–water partition coefficient (Wildman–Crippen LogP) is 2.08. The Bertz CT molecular complexity index is 948. The van der Waals surface area contributed by atoms with Crippen molar-refractivity contribution in [1.29, 1.82) is 0 Å². The van der Waals surface area contributed by atoms with E-state index in [4.69, 9.17) is 20.8 Å². The van der Waals surface area contributed by atoms with Crippen LogP contribution in [0.15, 0.2) is 45.9 Å². The molecule has 0 unspecified atom stereocenters. The molecule has 0 aliphatic heterocycles. The summed E-state index contributed by atoms with van der Waals surface area (Å²) in [5.41, 5.74) is 0.00812. The molecule has 0 saturated carbocycles. The van der Waals surface area contributed by atoms with Crippen LogP contribution in [0, 0.1) is 0 Å². The smallest absolute Gasteiger partial charge is 0.287 e. The number of amides is 1. The molecule has 0 saturated heterocycles. The van der Waals surface area contributed by atoms with Gasteiger partial charge in [0.1, 0.15) is 11.3 Å². The average Bonchev–Trinajstić information content (AvgIpc) is 2.99. The summed E-state index contributed by atoms with van der Waals surface area (Å²) in [6.07, 6.45) is 3.16. The molecular weight excluding hydrogens is 334 g/mol. The van der Waals surface area contributed by atoms with E-state index in [1.165, 1.54) is 19.4 Å². The van der Waals surface area contributed by atoms with E-state index in [0.29, 0.717) is 34.8 Å². The van der Waals surface area contributed by atoms with Gasteiger partial charge in [0.15, 0.2) is 11.2 Å². The Hall–Kier alpha value is -2.80. The third-order valence-electron chi connectivity index (χ3n) is 3.39. The second-order valence-corrected chi connectivity index (χ2v) is 5.45. The number of rotatable bonds is 5. The number of nitrogens with one attached hydrogen (secondary N) is 1. The van der Waals surface area contributed by atoms with Crippen LogP contribution in [0.5, 0.6) is 5.75 Å². The van der Waals surface area contributed by atoms with Crippen molar-refractivity contribution in [3.63, 3.8) is 0 Å². The lowest BCUT2D eigenvalue weighted by Crippen LogP contribution is -2.28. The van der Waals surface area contributed by atoms with E-state index in [0.717, 1.165) is 0 Å². The second kappa shape index (κ2) is 6.76. The van der Waals surface area contributed by atoms with Crippen molar-refractivity contribution in [3.05, 3.63) is 57.7 Å². The highest BCUT2D eigenvalue weighted by Crippen LogP contribution is 2.19. The SMILES string of the molecule is COc1ccc2c(=O)cc(C(=O)NCCn3cc(Cl)cn3)oc2c1. The lowest BCUT2D eigenvalue weighted by atomic mass is 10.2. The van der Waals surface area contributed by atoms with Crippen LogP contribution in [0.25, 0.3) is 11.0 Å². The second-order valence-electron chi connectivity index (χ2n) is 5.01. The summed E-state index contributed by atoms with van der Waals surface area (Å²) in [6, 6.07) is 6.01. The Morgan fingerprint density at radius 2 is 2.25 bits per heavy atom. The van der Waals surface area contributed by atoms with Crippen molar-refractivity contribution in [2.75, 3.05) is 13.7 Å². The highest BCUT2D eigenvalue weighted by molar-refractivity contribution is 6.30. The average molecular weight is 348 g/mol. The third kappa shape index (κ3) is 3.41. The molecule has 2 heterocycles. The lowest BCUT2D eigenvalue weighted by Gasteiger charge is -2.06. The first-order valence-electron chi connectivity index (χ1n) is 7.15. The summed E-state index contributed by atoms with van der Waals surface area (Å²) in [4.78, 5) is 24.3. The van der Waals surface area contributed by atoms with Crippen LogP contribution in [-0.4, -0.2) is 29.3 Å². The number of fused-ring (bicyclic) bond motifs is 1. The predicted molar refractivity (Wildman–Crippen MR) is 88.6 cm³/mol. The van der Waals surface area contributed by atoms with Crippen LogP contribution >= 0.6 is 11.6 Å². The van der Waals surface area contributed by atoms with Crippen molar-refractivity contribution in [1.82, 2.24) is 15.1 Å². The molecule has 0 atom stereocenters. The van der Waals surface area contributed by atoms with Gasteiger partial charge >= 0.3 is 0 Å². The van der Waals surface area contributed by atoms with Gasteiger partial charge in [-0.05, 0) is 12.1 Å². The first-order chi connectivity index (χ1) is 11.6. The number of carbonyl (C=O) groups excluding carboxylic acids is 1. The minimum atomic E-state index is -0.477. The Morgan fingerprint density at radius 1 is 1.42 bits per heavy atom. The van der Waals surface area contributed by atoms with E-state index in [1.807, 2.05) is 0 Å². The van der Waals surface area contributed by atoms with E-state index < -0.39 is 5.91 Å². The lowest BCUT2D eigenvalue weighted by molar-refractivity contribution is 0.0924. The van der Waals surface area contributed by atoms with Crippen LogP contribution < -0.4 is 15.5 Å². The van der Waals surface area contributed by atoms with Crippen molar-refractivity contribution in [2.45, 2.75) is 6.54 Å². The highest BCUT2D eigenvalue weighted by atomic mass is 35.5.